The zero-order valence-corrected chi connectivity index (χ0v) is 14.9. The van der Waals surface area contributed by atoms with Crippen molar-refractivity contribution in [2.45, 2.75) is 12.8 Å². The zero-order valence-electron chi connectivity index (χ0n) is 12.5. The van der Waals surface area contributed by atoms with Gasteiger partial charge in [0.1, 0.15) is 10.7 Å². The number of rotatable bonds is 3. The van der Waals surface area contributed by atoms with Gasteiger partial charge in [-0.05, 0) is 31.0 Å². The van der Waals surface area contributed by atoms with E-state index in [0.29, 0.717) is 45.7 Å². The maximum atomic E-state index is 12.6. The number of carboxylic acid groups (broad SMARTS) is 1. The first-order valence-electron chi connectivity index (χ1n) is 7.38. The molecule has 1 aromatic carbocycles. The summed E-state index contributed by atoms with van der Waals surface area (Å²) in [4.78, 5) is 29.6. The number of thiazole rings is 1. The molecule has 24 heavy (non-hydrogen) atoms. The molecule has 1 N–H and O–H groups in total. The fraction of sp³-hybridized carbons (Fsp3) is 0.312. The van der Waals surface area contributed by atoms with E-state index in [1.807, 2.05) is 0 Å². The Hall–Kier alpha value is -1.63. The molecule has 3 rings (SSSR count). The Morgan fingerprint density at radius 3 is 2.83 bits per heavy atom. The first-order chi connectivity index (χ1) is 11.5. The number of aromatic nitrogens is 1. The Bertz CT molecular complexity index is 793. The molecule has 126 valence electrons. The quantitative estimate of drug-likeness (QED) is 0.865. The average molecular weight is 385 g/mol. The van der Waals surface area contributed by atoms with E-state index < -0.39 is 11.9 Å². The molecule has 0 unspecified atom stereocenters. The van der Waals surface area contributed by atoms with E-state index in [0.717, 1.165) is 0 Å². The molecular formula is C16H14Cl2N2O3S. The van der Waals surface area contributed by atoms with Gasteiger partial charge in [0.05, 0.1) is 10.9 Å². The van der Waals surface area contributed by atoms with E-state index in [-0.39, 0.29) is 12.5 Å². The lowest BCUT2D eigenvalue weighted by Gasteiger charge is -2.30. The van der Waals surface area contributed by atoms with E-state index in [4.69, 9.17) is 28.3 Å². The van der Waals surface area contributed by atoms with Gasteiger partial charge < -0.3 is 10.0 Å². The number of piperidine rings is 1. The molecular weight excluding hydrogens is 371 g/mol. The van der Waals surface area contributed by atoms with E-state index in [9.17, 15) is 9.59 Å². The number of halogens is 2. The molecule has 1 fully saturated rings. The highest BCUT2D eigenvalue weighted by atomic mass is 35.5. The van der Waals surface area contributed by atoms with E-state index in [1.165, 1.54) is 11.3 Å². The normalized spacial score (nSPS) is 17.8. The first kappa shape index (κ1) is 17.2. The molecule has 0 spiro atoms. The van der Waals surface area contributed by atoms with Crippen LogP contribution in [0.4, 0.5) is 0 Å². The highest BCUT2D eigenvalue weighted by Gasteiger charge is 2.29. The summed E-state index contributed by atoms with van der Waals surface area (Å²) in [5.41, 5.74) is 1.03. The number of hydrogen-bond donors (Lipinski definition) is 1. The predicted octanol–water partition coefficient (Wildman–Crippen LogP) is 4.05. The number of carboxylic acids is 1. The predicted molar refractivity (Wildman–Crippen MR) is 93.8 cm³/mol. The van der Waals surface area contributed by atoms with Gasteiger partial charge in [0.15, 0.2) is 0 Å². The van der Waals surface area contributed by atoms with Crippen LogP contribution in [0.5, 0.6) is 0 Å². The van der Waals surface area contributed by atoms with Gasteiger partial charge in [-0.2, -0.15) is 0 Å². The van der Waals surface area contributed by atoms with Crippen LogP contribution in [-0.2, 0) is 4.79 Å². The third kappa shape index (κ3) is 3.55. The zero-order chi connectivity index (χ0) is 17.3. The Morgan fingerprint density at radius 1 is 1.33 bits per heavy atom. The van der Waals surface area contributed by atoms with Gasteiger partial charge in [0, 0.05) is 29.1 Å². The molecule has 0 saturated carbocycles. The van der Waals surface area contributed by atoms with E-state index in [2.05, 4.69) is 4.98 Å². The second-order valence-electron chi connectivity index (χ2n) is 5.59. The van der Waals surface area contributed by atoms with Gasteiger partial charge in [-0.25, -0.2) is 4.98 Å². The highest BCUT2D eigenvalue weighted by Crippen LogP contribution is 2.32. The Labute approximate surface area is 152 Å². The van der Waals surface area contributed by atoms with Crippen LogP contribution < -0.4 is 0 Å². The molecule has 1 amide bonds. The number of benzene rings is 1. The van der Waals surface area contributed by atoms with Gasteiger partial charge in [-0.15, -0.1) is 11.3 Å². The lowest BCUT2D eigenvalue weighted by Crippen LogP contribution is -2.42. The average Bonchev–Trinajstić information content (AvgIpc) is 3.04. The summed E-state index contributed by atoms with van der Waals surface area (Å²) in [7, 11) is 0. The minimum absolute atomic E-state index is 0.225. The largest absolute Gasteiger partial charge is 0.481 e. The third-order valence-corrected chi connectivity index (χ3v) is 5.37. The molecule has 1 aliphatic rings. The topological polar surface area (TPSA) is 70.5 Å². The molecule has 1 saturated heterocycles. The molecule has 0 bridgehead atoms. The number of nitrogens with zero attached hydrogens (tertiary/aromatic N) is 2. The van der Waals surface area contributed by atoms with Gasteiger partial charge in [-0.1, -0.05) is 23.2 Å². The molecule has 0 aliphatic carbocycles. The van der Waals surface area contributed by atoms with Gasteiger partial charge in [0.2, 0.25) is 0 Å². The second kappa shape index (κ2) is 7.09. The maximum Gasteiger partial charge on any atom is 0.308 e. The van der Waals surface area contributed by atoms with Crippen molar-refractivity contribution >= 4 is 46.4 Å². The number of carbonyl (C=O) groups excluding carboxylic acids is 1. The van der Waals surface area contributed by atoms with Crippen molar-refractivity contribution in [2.24, 2.45) is 5.92 Å². The summed E-state index contributed by atoms with van der Waals surface area (Å²) in [6.07, 6.45) is 1.28. The van der Waals surface area contributed by atoms with Crippen LogP contribution >= 0.6 is 34.5 Å². The van der Waals surface area contributed by atoms with Crippen LogP contribution in [0.15, 0.2) is 23.6 Å². The molecule has 5 nitrogen and oxygen atoms in total. The number of aliphatic carboxylic acids is 1. The minimum atomic E-state index is -0.862. The summed E-state index contributed by atoms with van der Waals surface area (Å²) >= 11 is 13.4. The Kier molecular flexibility index (Phi) is 5.08. The second-order valence-corrected chi connectivity index (χ2v) is 7.29. The monoisotopic (exact) mass is 384 g/mol. The van der Waals surface area contributed by atoms with Gasteiger partial charge in [0.25, 0.3) is 5.91 Å². The van der Waals surface area contributed by atoms with Crippen molar-refractivity contribution in [1.29, 1.82) is 0 Å². The standard InChI is InChI=1S/C16H14Cl2N2O3S/c17-10-3-4-11(12(18)6-10)14-19-13(8-24-14)15(21)20-5-1-2-9(7-20)16(22)23/h3-4,6,8-9H,1-2,5,7H2,(H,22,23)/t9-/m0/s1. The van der Waals surface area contributed by atoms with Crippen LogP contribution in [0.25, 0.3) is 10.6 Å². The molecule has 2 heterocycles. The van der Waals surface area contributed by atoms with Crippen molar-refractivity contribution in [3.8, 4) is 10.6 Å². The number of amides is 1. The Morgan fingerprint density at radius 2 is 2.12 bits per heavy atom. The fourth-order valence-electron chi connectivity index (χ4n) is 2.68. The number of carbonyl (C=O) groups is 2. The van der Waals surface area contributed by atoms with Gasteiger partial charge in [-0.3, -0.25) is 9.59 Å². The number of hydrogen-bond acceptors (Lipinski definition) is 4. The summed E-state index contributed by atoms with van der Waals surface area (Å²) in [5, 5.41) is 12.4. The lowest BCUT2D eigenvalue weighted by atomic mass is 9.98. The van der Waals surface area contributed by atoms with Gasteiger partial charge >= 0.3 is 5.97 Å². The SMILES string of the molecule is O=C(O)[C@H]1CCCN(C(=O)c2csc(-c3ccc(Cl)cc3Cl)n2)C1. The van der Waals surface area contributed by atoms with Crippen molar-refractivity contribution in [3.63, 3.8) is 0 Å². The molecule has 8 heteroatoms. The van der Waals surface area contributed by atoms with Crippen molar-refractivity contribution in [3.05, 3.63) is 39.3 Å². The summed E-state index contributed by atoms with van der Waals surface area (Å²) < 4.78 is 0. The minimum Gasteiger partial charge on any atom is -0.481 e. The molecule has 1 aliphatic heterocycles. The van der Waals surface area contributed by atoms with Crippen LogP contribution in [0.3, 0.4) is 0 Å². The summed E-state index contributed by atoms with van der Waals surface area (Å²) in [5.74, 6) is -1.61. The van der Waals surface area contributed by atoms with E-state index >= 15 is 0 Å². The summed E-state index contributed by atoms with van der Waals surface area (Å²) in [6.45, 7) is 0.778. The summed E-state index contributed by atoms with van der Waals surface area (Å²) in [6, 6.07) is 5.11. The van der Waals surface area contributed by atoms with Crippen molar-refractivity contribution in [2.75, 3.05) is 13.1 Å². The molecule has 1 aromatic heterocycles. The van der Waals surface area contributed by atoms with Crippen LogP contribution in [0.1, 0.15) is 23.3 Å². The molecule has 0 radical (unpaired) electrons. The lowest BCUT2D eigenvalue weighted by molar-refractivity contribution is -0.143. The first-order valence-corrected chi connectivity index (χ1v) is 9.02. The molecule has 2 aromatic rings. The molecule has 1 atom stereocenters. The fourth-order valence-corrected chi connectivity index (χ4v) is 4.07. The number of likely N-dealkylation sites (tertiary alicyclic amines) is 1. The van der Waals surface area contributed by atoms with Crippen LogP contribution in [0, 0.1) is 5.92 Å². The third-order valence-electron chi connectivity index (χ3n) is 3.94. The van der Waals surface area contributed by atoms with Crippen molar-refractivity contribution in [1.82, 2.24) is 9.88 Å². The maximum absolute atomic E-state index is 12.6. The van der Waals surface area contributed by atoms with Crippen LogP contribution in [0.2, 0.25) is 10.0 Å². The van der Waals surface area contributed by atoms with Crippen molar-refractivity contribution < 1.29 is 14.7 Å². The highest BCUT2D eigenvalue weighted by molar-refractivity contribution is 7.13. The smallest absolute Gasteiger partial charge is 0.308 e. The Balaban J connectivity index is 1.80. The van der Waals surface area contributed by atoms with Crippen LogP contribution in [-0.4, -0.2) is 40.0 Å². The van der Waals surface area contributed by atoms with E-state index in [1.54, 1.807) is 28.5 Å².